The van der Waals surface area contributed by atoms with Gasteiger partial charge in [-0.05, 0) is 37.3 Å². The molecule has 0 amide bonds. The van der Waals surface area contributed by atoms with Crippen LogP contribution in [0.5, 0.6) is 0 Å². The standard InChI is InChI=1S/C10H22N2/c1-8(4-5-11)7-12-9-6-10(9,2)3/h8-9,12H,4-7,11H2,1-3H3. The number of nitrogens with two attached hydrogens (primary N) is 1. The van der Waals surface area contributed by atoms with Crippen LogP contribution in [-0.4, -0.2) is 19.1 Å². The van der Waals surface area contributed by atoms with Crippen LogP contribution < -0.4 is 11.1 Å². The number of hydrogen-bond acceptors (Lipinski definition) is 2. The molecule has 3 N–H and O–H groups in total. The van der Waals surface area contributed by atoms with Gasteiger partial charge < -0.3 is 11.1 Å². The summed E-state index contributed by atoms with van der Waals surface area (Å²) in [5.41, 5.74) is 6.03. The lowest BCUT2D eigenvalue weighted by Crippen LogP contribution is -2.27. The second-order valence-electron chi connectivity index (χ2n) is 4.84. The van der Waals surface area contributed by atoms with Crippen molar-refractivity contribution in [3.63, 3.8) is 0 Å². The summed E-state index contributed by atoms with van der Waals surface area (Å²) in [4.78, 5) is 0. The molecule has 0 aromatic carbocycles. The van der Waals surface area contributed by atoms with Crippen molar-refractivity contribution in [2.45, 2.75) is 39.7 Å². The first kappa shape index (κ1) is 10.0. The third-order valence-corrected chi connectivity index (χ3v) is 2.89. The maximum atomic E-state index is 5.48. The Balaban J connectivity index is 2.03. The van der Waals surface area contributed by atoms with Gasteiger partial charge in [-0.15, -0.1) is 0 Å². The molecular weight excluding hydrogens is 148 g/mol. The van der Waals surface area contributed by atoms with Crippen molar-refractivity contribution in [3.8, 4) is 0 Å². The van der Waals surface area contributed by atoms with Gasteiger partial charge in [0.2, 0.25) is 0 Å². The van der Waals surface area contributed by atoms with Crippen molar-refractivity contribution in [3.05, 3.63) is 0 Å². The Hall–Kier alpha value is -0.0800. The van der Waals surface area contributed by atoms with E-state index in [0.717, 1.165) is 31.5 Å². The fourth-order valence-electron chi connectivity index (χ4n) is 1.55. The third kappa shape index (κ3) is 2.76. The monoisotopic (exact) mass is 170 g/mol. The second-order valence-corrected chi connectivity index (χ2v) is 4.84. The van der Waals surface area contributed by atoms with Crippen molar-refractivity contribution in [2.75, 3.05) is 13.1 Å². The summed E-state index contributed by atoms with van der Waals surface area (Å²) in [5.74, 6) is 0.728. The summed E-state index contributed by atoms with van der Waals surface area (Å²) < 4.78 is 0. The Kier molecular flexibility index (Phi) is 3.13. The summed E-state index contributed by atoms with van der Waals surface area (Å²) >= 11 is 0. The van der Waals surface area contributed by atoms with Gasteiger partial charge in [0.15, 0.2) is 0 Å². The number of nitrogens with one attached hydrogen (secondary N) is 1. The van der Waals surface area contributed by atoms with E-state index in [4.69, 9.17) is 5.73 Å². The van der Waals surface area contributed by atoms with Gasteiger partial charge in [0.1, 0.15) is 0 Å². The molecule has 0 heterocycles. The van der Waals surface area contributed by atoms with Gasteiger partial charge in [-0.3, -0.25) is 0 Å². The van der Waals surface area contributed by atoms with Gasteiger partial charge in [-0.25, -0.2) is 0 Å². The Labute approximate surface area is 75.9 Å². The van der Waals surface area contributed by atoms with Crippen LogP contribution in [0.2, 0.25) is 0 Å². The van der Waals surface area contributed by atoms with E-state index in [0.29, 0.717) is 5.41 Å². The lowest BCUT2D eigenvalue weighted by atomic mass is 10.1. The molecule has 1 rings (SSSR count). The highest BCUT2D eigenvalue weighted by molar-refractivity contribution is 5.01. The predicted molar refractivity (Wildman–Crippen MR) is 53.0 cm³/mol. The molecule has 1 aliphatic rings. The smallest absolute Gasteiger partial charge is 0.0125 e. The summed E-state index contributed by atoms with van der Waals surface area (Å²) in [7, 11) is 0. The van der Waals surface area contributed by atoms with Crippen LogP contribution in [0, 0.1) is 11.3 Å². The van der Waals surface area contributed by atoms with Crippen molar-refractivity contribution in [2.24, 2.45) is 17.1 Å². The first-order valence-electron chi connectivity index (χ1n) is 4.99. The molecule has 1 fully saturated rings. The summed E-state index contributed by atoms with van der Waals surface area (Å²) in [6, 6.07) is 0.762. The van der Waals surface area contributed by atoms with E-state index >= 15 is 0 Å². The molecule has 12 heavy (non-hydrogen) atoms. The minimum Gasteiger partial charge on any atom is -0.330 e. The maximum absolute atomic E-state index is 5.48. The Morgan fingerprint density at radius 2 is 2.17 bits per heavy atom. The molecule has 0 aliphatic heterocycles. The number of rotatable bonds is 5. The predicted octanol–water partition coefficient (Wildman–Crippen LogP) is 1.36. The molecule has 0 radical (unpaired) electrons. The second kappa shape index (κ2) is 3.75. The quantitative estimate of drug-likeness (QED) is 0.654. The average molecular weight is 170 g/mol. The van der Waals surface area contributed by atoms with Gasteiger partial charge in [-0.2, -0.15) is 0 Å². The molecule has 0 bridgehead atoms. The fraction of sp³-hybridized carbons (Fsp3) is 1.00. The maximum Gasteiger partial charge on any atom is 0.0125 e. The van der Waals surface area contributed by atoms with Gasteiger partial charge in [0.05, 0.1) is 0 Å². The highest BCUT2D eigenvalue weighted by Gasteiger charge is 2.44. The molecule has 0 saturated heterocycles. The van der Waals surface area contributed by atoms with Crippen molar-refractivity contribution in [1.82, 2.24) is 5.32 Å². The summed E-state index contributed by atoms with van der Waals surface area (Å²) in [5, 5.41) is 3.58. The number of hydrogen-bond donors (Lipinski definition) is 2. The van der Waals surface area contributed by atoms with E-state index in [1.165, 1.54) is 6.42 Å². The summed E-state index contributed by atoms with van der Waals surface area (Å²) in [6.45, 7) is 8.84. The molecule has 0 aromatic heterocycles. The molecule has 2 nitrogen and oxygen atoms in total. The van der Waals surface area contributed by atoms with Crippen LogP contribution in [-0.2, 0) is 0 Å². The van der Waals surface area contributed by atoms with Crippen molar-refractivity contribution >= 4 is 0 Å². The average Bonchev–Trinajstić information content (AvgIpc) is 2.56. The van der Waals surface area contributed by atoms with Crippen LogP contribution in [0.3, 0.4) is 0 Å². The van der Waals surface area contributed by atoms with E-state index in [-0.39, 0.29) is 0 Å². The molecule has 2 heteroatoms. The lowest BCUT2D eigenvalue weighted by Gasteiger charge is -2.12. The highest BCUT2D eigenvalue weighted by atomic mass is 15.0. The first-order valence-corrected chi connectivity index (χ1v) is 4.99. The lowest BCUT2D eigenvalue weighted by molar-refractivity contribution is 0.456. The van der Waals surface area contributed by atoms with Crippen LogP contribution in [0.15, 0.2) is 0 Å². The SMILES string of the molecule is CC(CCN)CNC1CC1(C)C. The summed E-state index contributed by atoms with van der Waals surface area (Å²) in [6.07, 6.45) is 2.47. The largest absolute Gasteiger partial charge is 0.330 e. The van der Waals surface area contributed by atoms with E-state index in [1.54, 1.807) is 0 Å². The first-order chi connectivity index (χ1) is 5.56. The van der Waals surface area contributed by atoms with Crippen LogP contribution in [0.1, 0.15) is 33.6 Å². The molecule has 1 saturated carbocycles. The van der Waals surface area contributed by atoms with E-state index < -0.39 is 0 Å². The van der Waals surface area contributed by atoms with E-state index in [9.17, 15) is 0 Å². The Morgan fingerprint density at radius 3 is 2.58 bits per heavy atom. The topological polar surface area (TPSA) is 38.0 Å². The van der Waals surface area contributed by atoms with Gasteiger partial charge in [0, 0.05) is 6.04 Å². The zero-order valence-corrected chi connectivity index (χ0v) is 8.56. The molecular formula is C10H22N2. The molecule has 1 aliphatic carbocycles. The molecule has 2 unspecified atom stereocenters. The minimum atomic E-state index is 0.558. The normalized spacial score (nSPS) is 28.5. The van der Waals surface area contributed by atoms with Crippen molar-refractivity contribution in [1.29, 1.82) is 0 Å². The van der Waals surface area contributed by atoms with E-state index in [2.05, 4.69) is 26.1 Å². The molecule has 72 valence electrons. The fourth-order valence-corrected chi connectivity index (χ4v) is 1.55. The zero-order chi connectivity index (χ0) is 9.19. The molecule has 0 aromatic rings. The zero-order valence-electron chi connectivity index (χ0n) is 8.56. The Bertz CT molecular complexity index is 143. The van der Waals surface area contributed by atoms with Crippen LogP contribution >= 0.6 is 0 Å². The molecule has 2 atom stereocenters. The highest BCUT2D eigenvalue weighted by Crippen LogP contribution is 2.44. The van der Waals surface area contributed by atoms with E-state index in [1.807, 2.05) is 0 Å². The minimum absolute atomic E-state index is 0.558. The van der Waals surface area contributed by atoms with Crippen LogP contribution in [0.4, 0.5) is 0 Å². The Morgan fingerprint density at radius 1 is 1.58 bits per heavy atom. The third-order valence-electron chi connectivity index (χ3n) is 2.89. The van der Waals surface area contributed by atoms with Gasteiger partial charge in [0.25, 0.3) is 0 Å². The van der Waals surface area contributed by atoms with Gasteiger partial charge in [-0.1, -0.05) is 20.8 Å². The van der Waals surface area contributed by atoms with Gasteiger partial charge >= 0.3 is 0 Å². The molecule has 0 spiro atoms. The van der Waals surface area contributed by atoms with Crippen molar-refractivity contribution < 1.29 is 0 Å². The van der Waals surface area contributed by atoms with Crippen LogP contribution in [0.25, 0.3) is 0 Å².